The zero-order chi connectivity index (χ0) is 20.9. The Hall–Kier alpha value is -1.47. The number of benzene rings is 3. The first-order chi connectivity index (χ1) is 14.9. The molecule has 3 rings (SSSR count). The summed E-state index contributed by atoms with van der Waals surface area (Å²) in [4.78, 5) is 0. The van der Waals surface area contributed by atoms with Gasteiger partial charge < -0.3 is 4.52 Å². The fourth-order valence-corrected chi connectivity index (χ4v) is 5.08. The summed E-state index contributed by atoms with van der Waals surface area (Å²) >= 11 is 0. The zero-order valence-electron chi connectivity index (χ0n) is 18.6. The van der Waals surface area contributed by atoms with E-state index in [1.54, 1.807) is 0 Å². The molecule has 1 unspecified atom stereocenters. The van der Waals surface area contributed by atoms with Gasteiger partial charge in [-0.1, -0.05) is 136 Å². The molecule has 0 amide bonds. The van der Waals surface area contributed by atoms with E-state index in [2.05, 4.69) is 97.9 Å². The molecule has 0 aliphatic carbocycles. The first-order valence-corrected chi connectivity index (χ1v) is 12.6. The molecular weight excluding hydrogens is 463 g/mol. The van der Waals surface area contributed by atoms with Gasteiger partial charge in [0.15, 0.2) is 0 Å². The van der Waals surface area contributed by atoms with Gasteiger partial charge in [0.25, 0.3) is 0 Å². The van der Waals surface area contributed by atoms with E-state index >= 15 is 0 Å². The van der Waals surface area contributed by atoms with Crippen LogP contribution in [0, 0.1) is 0 Å². The molecule has 3 heteroatoms. The van der Waals surface area contributed by atoms with E-state index in [9.17, 15) is 0 Å². The second-order valence-corrected chi connectivity index (χ2v) is 8.89. The molecule has 31 heavy (non-hydrogen) atoms. The highest BCUT2D eigenvalue weighted by Crippen LogP contribution is 2.44. The average Bonchev–Trinajstić information content (AvgIpc) is 2.82. The van der Waals surface area contributed by atoms with Gasteiger partial charge >= 0.3 is 0 Å². The molecule has 0 N–H and O–H groups in total. The van der Waals surface area contributed by atoms with Gasteiger partial charge in [0, 0.05) is 8.81 Å². The Morgan fingerprint density at radius 2 is 0.968 bits per heavy atom. The van der Waals surface area contributed by atoms with E-state index in [-0.39, 0.29) is 17.0 Å². The standard InChI is InChI=1S/C28H35OP.BrH/c1-2-3-4-5-6-7-17-24-30-29-28(25-18-11-8-12-19-25,26-20-13-9-14-21-26)27-22-15-10-16-23-27;/h8-16,18-23,30H,2-7,17,24H2,1H3;1H. The molecule has 166 valence electrons. The molecule has 3 aromatic rings. The smallest absolute Gasteiger partial charge is 0.147 e. The van der Waals surface area contributed by atoms with Crippen LogP contribution in [-0.4, -0.2) is 6.16 Å². The molecule has 0 bridgehead atoms. The molecule has 3 aromatic carbocycles. The van der Waals surface area contributed by atoms with Crippen LogP contribution in [-0.2, 0) is 10.1 Å². The fourth-order valence-electron chi connectivity index (χ4n) is 4.01. The summed E-state index contributed by atoms with van der Waals surface area (Å²) in [5, 5.41) is 0. The van der Waals surface area contributed by atoms with Gasteiger partial charge in [0.2, 0.25) is 0 Å². The van der Waals surface area contributed by atoms with Crippen LogP contribution in [0.25, 0.3) is 0 Å². The monoisotopic (exact) mass is 498 g/mol. The van der Waals surface area contributed by atoms with Crippen molar-refractivity contribution in [3.8, 4) is 0 Å². The molecular formula is C28H36BrOP. The lowest BCUT2D eigenvalue weighted by molar-refractivity contribution is 0.184. The third-order valence-corrected chi connectivity index (χ3v) is 6.66. The molecule has 0 aliphatic rings. The number of hydrogen-bond acceptors (Lipinski definition) is 1. The van der Waals surface area contributed by atoms with Gasteiger partial charge in [-0.3, -0.25) is 0 Å². The summed E-state index contributed by atoms with van der Waals surface area (Å²) in [6.45, 7) is 2.27. The highest BCUT2D eigenvalue weighted by Gasteiger charge is 2.37. The second-order valence-electron chi connectivity index (χ2n) is 7.90. The maximum absolute atomic E-state index is 6.86. The molecule has 0 radical (unpaired) electrons. The lowest BCUT2D eigenvalue weighted by Gasteiger charge is -2.35. The minimum Gasteiger partial charge on any atom is -0.342 e. The van der Waals surface area contributed by atoms with Crippen LogP contribution in [0.3, 0.4) is 0 Å². The Morgan fingerprint density at radius 3 is 1.39 bits per heavy atom. The van der Waals surface area contributed by atoms with Crippen molar-refractivity contribution in [2.24, 2.45) is 0 Å². The predicted octanol–water partition coefficient (Wildman–Crippen LogP) is 8.92. The Kier molecular flexibility index (Phi) is 12.1. The van der Waals surface area contributed by atoms with Crippen molar-refractivity contribution >= 4 is 25.8 Å². The second kappa shape index (κ2) is 14.6. The van der Waals surface area contributed by atoms with E-state index in [1.807, 2.05) is 0 Å². The van der Waals surface area contributed by atoms with Gasteiger partial charge in [0.05, 0.1) is 0 Å². The molecule has 0 aromatic heterocycles. The number of halogens is 1. The Morgan fingerprint density at radius 1 is 0.581 bits per heavy atom. The summed E-state index contributed by atoms with van der Waals surface area (Å²) in [5.74, 6) is 0. The third-order valence-electron chi connectivity index (χ3n) is 5.65. The van der Waals surface area contributed by atoms with Crippen LogP contribution < -0.4 is 0 Å². The van der Waals surface area contributed by atoms with Crippen molar-refractivity contribution in [3.63, 3.8) is 0 Å². The number of rotatable bonds is 13. The molecule has 0 saturated heterocycles. The Balaban J connectivity index is 0.00000341. The highest BCUT2D eigenvalue weighted by molar-refractivity contribution is 8.93. The Bertz CT molecular complexity index is 727. The van der Waals surface area contributed by atoms with Crippen LogP contribution in [0.15, 0.2) is 91.0 Å². The third kappa shape index (κ3) is 7.28. The summed E-state index contributed by atoms with van der Waals surface area (Å²) in [6.07, 6.45) is 10.5. The SMILES string of the molecule is Br.CCCCCCCCCPOC(c1ccccc1)(c1ccccc1)c1ccccc1. The fraction of sp³-hybridized carbons (Fsp3) is 0.357. The van der Waals surface area contributed by atoms with E-state index in [1.165, 1.54) is 61.6 Å². The minimum absolute atomic E-state index is 0. The molecule has 1 atom stereocenters. The van der Waals surface area contributed by atoms with Crippen molar-refractivity contribution < 1.29 is 4.52 Å². The molecule has 0 aliphatic heterocycles. The number of hydrogen-bond donors (Lipinski definition) is 0. The lowest BCUT2D eigenvalue weighted by Crippen LogP contribution is -2.30. The van der Waals surface area contributed by atoms with Crippen molar-refractivity contribution in [1.82, 2.24) is 0 Å². The van der Waals surface area contributed by atoms with E-state index in [0.29, 0.717) is 8.81 Å². The first kappa shape index (κ1) is 25.8. The first-order valence-electron chi connectivity index (χ1n) is 11.5. The topological polar surface area (TPSA) is 9.23 Å². The highest BCUT2D eigenvalue weighted by atomic mass is 79.9. The van der Waals surface area contributed by atoms with Crippen LogP contribution >= 0.6 is 25.8 Å². The molecule has 1 nitrogen and oxygen atoms in total. The summed E-state index contributed by atoms with van der Waals surface area (Å²) in [5.41, 5.74) is 3.00. The van der Waals surface area contributed by atoms with Crippen molar-refractivity contribution in [2.45, 2.75) is 57.5 Å². The van der Waals surface area contributed by atoms with Crippen LogP contribution in [0.1, 0.15) is 68.6 Å². The van der Waals surface area contributed by atoms with Gasteiger partial charge in [-0.2, -0.15) is 0 Å². The summed E-state index contributed by atoms with van der Waals surface area (Å²) in [7, 11) is 0.472. The van der Waals surface area contributed by atoms with E-state index in [4.69, 9.17) is 4.52 Å². The minimum atomic E-state index is -0.566. The summed E-state index contributed by atoms with van der Waals surface area (Å²) < 4.78 is 6.86. The van der Waals surface area contributed by atoms with Crippen molar-refractivity contribution in [3.05, 3.63) is 108 Å². The molecule has 0 heterocycles. The van der Waals surface area contributed by atoms with E-state index < -0.39 is 5.60 Å². The zero-order valence-corrected chi connectivity index (χ0v) is 21.3. The number of unbranched alkanes of at least 4 members (excludes halogenated alkanes) is 6. The van der Waals surface area contributed by atoms with Gasteiger partial charge in [-0.15, -0.1) is 17.0 Å². The van der Waals surface area contributed by atoms with Crippen molar-refractivity contribution in [2.75, 3.05) is 6.16 Å². The van der Waals surface area contributed by atoms with Crippen LogP contribution in [0.4, 0.5) is 0 Å². The average molecular weight is 499 g/mol. The Labute approximate surface area is 201 Å². The van der Waals surface area contributed by atoms with Crippen LogP contribution in [0.2, 0.25) is 0 Å². The van der Waals surface area contributed by atoms with Gasteiger partial charge in [-0.25, -0.2) is 0 Å². The maximum Gasteiger partial charge on any atom is 0.147 e. The summed E-state index contributed by atoms with van der Waals surface area (Å²) in [6, 6.07) is 32.0. The van der Waals surface area contributed by atoms with Crippen LogP contribution in [0.5, 0.6) is 0 Å². The normalized spacial score (nSPS) is 11.5. The van der Waals surface area contributed by atoms with Gasteiger partial charge in [-0.05, 0) is 29.3 Å². The molecule has 0 saturated carbocycles. The maximum atomic E-state index is 6.86. The molecule has 0 fully saturated rings. The van der Waals surface area contributed by atoms with E-state index in [0.717, 1.165) is 6.16 Å². The quantitative estimate of drug-likeness (QED) is 0.130. The van der Waals surface area contributed by atoms with Gasteiger partial charge in [0.1, 0.15) is 5.60 Å². The lowest BCUT2D eigenvalue weighted by atomic mass is 9.80. The molecule has 0 spiro atoms. The predicted molar refractivity (Wildman–Crippen MR) is 142 cm³/mol. The largest absolute Gasteiger partial charge is 0.342 e. The van der Waals surface area contributed by atoms with Crippen molar-refractivity contribution in [1.29, 1.82) is 0 Å².